The third-order valence-electron chi connectivity index (χ3n) is 1.78. The fraction of sp³-hybridized carbons (Fsp3) is 0.250. The molecule has 0 saturated carbocycles. The molecule has 1 rings (SSSR count). The van der Waals surface area contributed by atoms with E-state index in [1.165, 1.54) is 0 Å². The first-order chi connectivity index (χ1) is 6.74. The van der Waals surface area contributed by atoms with E-state index in [-0.39, 0.29) is 5.78 Å². The van der Waals surface area contributed by atoms with Gasteiger partial charge in [-0.25, -0.2) is 0 Å². The first kappa shape index (κ1) is 10.5. The average molecular weight is 187 g/mol. The molecule has 1 aromatic rings. The maximum Gasteiger partial charge on any atom is 0.134 e. The van der Waals surface area contributed by atoms with Gasteiger partial charge < -0.3 is 5.73 Å². The van der Waals surface area contributed by atoms with Crippen LogP contribution in [0.3, 0.4) is 0 Å². The van der Waals surface area contributed by atoms with Gasteiger partial charge in [0, 0.05) is 12.0 Å². The Morgan fingerprint density at radius 1 is 1.43 bits per heavy atom. The van der Waals surface area contributed by atoms with E-state index in [1.54, 1.807) is 6.92 Å². The summed E-state index contributed by atoms with van der Waals surface area (Å²) in [5.41, 5.74) is 7.16. The van der Waals surface area contributed by atoms with E-state index in [9.17, 15) is 4.79 Å². The molecule has 0 aliphatic rings. The summed E-state index contributed by atoms with van der Waals surface area (Å²) in [6.45, 7) is 1.92. The quantitative estimate of drug-likeness (QED) is 0.705. The maximum atomic E-state index is 11.0. The van der Waals surface area contributed by atoms with E-state index in [1.807, 2.05) is 24.3 Å². The van der Waals surface area contributed by atoms with Crippen LogP contribution in [0.2, 0.25) is 0 Å². The number of carbonyl (C=O) groups is 1. The number of benzene rings is 1. The summed E-state index contributed by atoms with van der Waals surface area (Å²) in [5, 5.41) is 0. The molecule has 1 aromatic carbocycles. The van der Waals surface area contributed by atoms with Crippen molar-refractivity contribution in [3.05, 3.63) is 35.4 Å². The second-order valence-electron chi connectivity index (χ2n) is 3.04. The van der Waals surface area contributed by atoms with Gasteiger partial charge >= 0.3 is 0 Å². The summed E-state index contributed by atoms with van der Waals surface area (Å²) in [5.74, 6) is 5.88. The first-order valence-electron chi connectivity index (χ1n) is 4.50. The molecular formula is C12H13NO. The molecule has 0 atom stereocenters. The zero-order valence-electron chi connectivity index (χ0n) is 8.21. The third kappa shape index (κ3) is 3.04. The minimum absolute atomic E-state index is 0.145. The first-order valence-corrected chi connectivity index (χ1v) is 4.50. The van der Waals surface area contributed by atoms with Gasteiger partial charge in [0.05, 0.1) is 6.54 Å². The fourth-order valence-electron chi connectivity index (χ4n) is 1.21. The Kier molecular flexibility index (Phi) is 3.90. The molecule has 0 aromatic heterocycles. The lowest BCUT2D eigenvalue weighted by atomic mass is 10.0. The number of Topliss-reactive ketones (excluding diaryl/α,β-unsaturated/α-hetero) is 1. The van der Waals surface area contributed by atoms with Crippen LogP contribution in [0, 0.1) is 11.8 Å². The van der Waals surface area contributed by atoms with E-state index in [2.05, 4.69) is 11.8 Å². The van der Waals surface area contributed by atoms with Crippen molar-refractivity contribution in [3.8, 4) is 11.8 Å². The number of hydrogen-bond donors (Lipinski definition) is 1. The predicted molar refractivity (Wildman–Crippen MR) is 56.8 cm³/mol. The lowest BCUT2D eigenvalue weighted by Gasteiger charge is -2.00. The number of nitrogens with two attached hydrogens (primary N) is 1. The van der Waals surface area contributed by atoms with Crippen LogP contribution in [-0.2, 0) is 11.2 Å². The second-order valence-corrected chi connectivity index (χ2v) is 3.04. The smallest absolute Gasteiger partial charge is 0.134 e. The number of ketones is 1. The molecule has 0 unspecified atom stereocenters. The van der Waals surface area contributed by atoms with Gasteiger partial charge in [-0.15, -0.1) is 0 Å². The predicted octanol–water partition coefficient (Wildman–Crippen LogP) is 1.13. The Morgan fingerprint density at radius 3 is 2.79 bits per heavy atom. The highest BCUT2D eigenvalue weighted by Crippen LogP contribution is 2.08. The highest BCUT2D eigenvalue weighted by molar-refractivity contribution is 5.78. The van der Waals surface area contributed by atoms with E-state index >= 15 is 0 Å². The molecule has 0 radical (unpaired) electrons. The van der Waals surface area contributed by atoms with Crippen molar-refractivity contribution >= 4 is 5.78 Å². The monoisotopic (exact) mass is 187 g/mol. The van der Waals surface area contributed by atoms with Crippen LogP contribution in [0.15, 0.2) is 24.3 Å². The number of carbonyl (C=O) groups excluding carboxylic acids is 1. The normalized spacial score (nSPS) is 9.00. The van der Waals surface area contributed by atoms with E-state index < -0.39 is 0 Å². The molecule has 0 spiro atoms. The van der Waals surface area contributed by atoms with Crippen molar-refractivity contribution in [1.29, 1.82) is 0 Å². The lowest BCUT2D eigenvalue weighted by molar-refractivity contribution is -0.116. The molecule has 0 aliphatic heterocycles. The van der Waals surface area contributed by atoms with Gasteiger partial charge in [-0.2, -0.15) is 0 Å². The van der Waals surface area contributed by atoms with Crippen LogP contribution >= 0.6 is 0 Å². The van der Waals surface area contributed by atoms with Gasteiger partial charge in [-0.1, -0.05) is 30.0 Å². The zero-order chi connectivity index (χ0) is 10.4. The summed E-state index contributed by atoms with van der Waals surface area (Å²) in [4.78, 5) is 11.0. The van der Waals surface area contributed by atoms with Gasteiger partial charge in [-0.05, 0) is 18.6 Å². The van der Waals surface area contributed by atoms with Crippen molar-refractivity contribution in [3.63, 3.8) is 0 Å². The summed E-state index contributed by atoms with van der Waals surface area (Å²) in [7, 11) is 0. The molecule has 0 saturated heterocycles. The van der Waals surface area contributed by atoms with Crippen molar-refractivity contribution in [2.24, 2.45) is 5.73 Å². The van der Waals surface area contributed by atoms with Crippen LogP contribution < -0.4 is 5.73 Å². The average Bonchev–Trinajstić information content (AvgIpc) is 2.16. The van der Waals surface area contributed by atoms with Crippen LogP contribution in [0.25, 0.3) is 0 Å². The zero-order valence-corrected chi connectivity index (χ0v) is 8.21. The highest BCUT2D eigenvalue weighted by atomic mass is 16.1. The molecule has 0 bridgehead atoms. The number of rotatable bonds is 2. The van der Waals surface area contributed by atoms with Gasteiger partial charge in [0.15, 0.2) is 0 Å². The van der Waals surface area contributed by atoms with Gasteiger partial charge in [0.2, 0.25) is 0 Å². The summed E-state index contributed by atoms with van der Waals surface area (Å²) >= 11 is 0. The molecule has 2 nitrogen and oxygen atoms in total. The lowest BCUT2D eigenvalue weighted by Crippen LogP contribution is -1.99. The van der Waals surface area contributed by atoms with Crippen molar-refractivity contribution in [1.82, 2.24) is 0 Å². The number of hydrogen-bond acceptors (Lipinski definition) is 2. The Balaban J connectivity index is 2.96. The molecular weight excluding hydrogens is 174 g/mol. The molecule has 2 N–H and O–H groups in total. The van der Waals surface area contributed by atoms with E-state index in [0.29, 0.717) is 13.0 Å². The minimum atomic E-state index is 0.145. The van der Waals surface area contributed by atoms with Crippen molar-refractivity contribution in [2.75, 3.05) is 6.54 Å². The SMILES string of the molecule is CC(=O)Cc1ccccc1C#CCN. The van der Waals surface area contributed by atoms with E-state index in [4.69, 9.17) is 5.73 Å². The highest BCUT2D eigenvalue weighted by Gasteiger charge is 2.01. The molecule has 0 fully saturated rings. The molecule has 0 amide bonds. The Bertz CT molecular complexity index is 385. The fourth-order valence-corrected chi connectivity index (χ4v) is 1.21. The van der Waals surface area contributed by atoms with Gasteiger partial charge in [0.25, 0.3) is 0 Å². The summed E-state index contributed by atoms with van der Waals surface area (Å²) < 4.78 is 0. The molecule has 72 valence electrons. The molecule has 0 aliphatic carbocycles. The molecule has 2 heteroatoms. The maximum absolute atomic E-state index is 11.0. The topological polar surface area (TPSA) is 43.1 Å². The minimum Gasteiger partial charge on any atom is -0.320 e. The van der Waals surface area contributed by atoms with Crippen LogP contribution in [0.5, 0.6) is 0 Å². The van der Waals surface area contributed by atoms with Gasteiger partial charge in [0.1, 0.15) is 5.78 Å². The van der Waals surface area contributed by atoms with Crippen molar-refractivity contribution in [2.45, 2.75) is 13.3 Å². The largest absolute Gasteiger partial charge is 0.320 e. The van der Waals surface area contributed by atoms with Crippen LogP contribution in [-0.4, -0.2) is 12.3 Å². The van der Waals surface area contributed by atoms with Crippen molar-refractivity contribution < 1.29 is 4.79 Å². The van der Waals surface area contributed by atoms with Crippen LogP contribution in [0.1, 0.15) is 18.1 Å². The Hall–Kier alpha value is -1.59. The summed E-state index contributed by atoms with van der Waals surface area (Å²) in [6, 6.07) is 7.64. The molecule has 0 heterocycles. The van der Waals surface area contributed by atoms with E-state index in [0.717, 1.165) is 11.1 Å². The molecule has 14 heavy (non-hydrogen) atoms. The Labute approximate surface area is 84.1 Å². The standard InChI is InChI=1S/C12H13NO/c1-10(14)9-12-6-3-2-5-11(12)7-4-8-13/h2-3,5-6H,8-9,13H2,1H3. The van der Waals surface area contributed by atoms with Crippen LogP contribution in [0.4, 0.5) is 0 Å². The second kappa shape index (κ2) is 5.21. The summed E-state index contributed by atoms with van der Waals surface area (Å²) in [6.07, 6.45) is 0.440. The Morgan fingerprint density at radius 2 is 2.14 bits per heavy atom. The third-order valence-corrected chi connectivity index (χ3v) is 1.78. The van der Waals surface area contributed by atoms with Gasteiger partial charge in [-0.3, -0.25) is 4.79 Å².